The van der Waals surface area contributed by atoms with Crippen LogP contribution in [0.1, 0.15) is 24.5 Å². The highest BCUT2D eigenvalue weighted by molar-refractivity contribution is 5.68. The highest BCUT2D eigenvalue weighted by atomic mass is 19.1. The molecule has 4 rings (SSSR count). The lowest BCUT2D eigenvalue weighted by Crippen LogP contribution is -2.42. The predicted molar refractivity (Wildman–Crippen MR) is 105 cm³/mol. The molecule has 0 atom stereocenters. The standard InChI is InChI=1S/C21H24FN5/c1-15-24-21(26-25-15)14-23-19-9-11-27(12-10-19)20-4-2-3-17(13-20)16-5-7-18(22)8-6-16/h2-8,13,19,23H,9-12,14H2,1H3,(H,24,25,26). The second-order valence-electron chi connectivity index (χ2n) is 7.06. The smallest absolute Gasteiger partial charge is 0.144 e. The number of aromatic amines is 1. The van der Waals surface area contributed by atoms with Gasteiger partial charge in [-0.2, -0.15) is 0 Å². The molecule has 0 spiro atoms. The van der Waals surface area contributed by atoms with Crippen molar-refractivity contribution in [2.45, 2.75) is 32.4 Å². The SMILES string of the molecule is Cc1nnc(CNC2CCN(c3cccc(-c4ccc(F)cc4)c3)CC2)[nH]1. The maximum Gasteiger partial charge on any atom is 0.144 e. The Labute approximate surface area is 158 Å². The Morgan fingerprint density at radius 1 is 1.07 bits per heavy atom. The Bertz CT molecular complexity index is 882. The average Bonchev–Trinajstić information content (AvgIpc) is 3.13. The number of halogens is 1. The molecule has 0 bridgehead atoms. The first-order chi connectivity index (χ1) is 13.2. The molecule has 140 valence electrons. The van der Waals surface area contributed by atoms with Gasteiger partial charge >= 0.3 is 0 Å². The molecule has 0 amide bonds. The van der Waals surface area contributed by atoms with E-state index in [1.165, 1.54) is 17.8 Å². The normalized spacial score (nSPS) is 15.3. The van der Waals surface area contributed by atoms with Crippen LogP contribution in [-0.4, -0.2) is 34.3 Å². The lowest BCUT2D eigenvalue weighted by atomic mass is 10.0. The van der Waals surface area contributed by atoms with E-state index in [2.05, 4.69) is 49.7 Å². The number of H-pyrrole nitrogens is 1. The Kier molecular flexibility index (Phi) is 5.16. The van der Waals surface area contributed by atoms with E-state index in [1.807, 2.05) is 19.1 Å². The van der Waals surface area contributed by atoms with Crippen LogP contribution in [0.2, 0.25) is 0 Å². The zero-order chi connectivity index (χ0) is 18.6. The minimum Gasteiger partial charge on any atom is -0.371 e. The van der Waals surface area contributed by atoms with E-state index in [-0.39, 0.29) is 5.82 Å². The summed E-state index contributed by atoms with van der Waals surface area (Å²) in [6, 6.07) is 15.7. The number of aryl methyl sites for hydroxylation is 1. The summed E-state index contributed by atoms with van der Waals surface area (Å²) >= 11 is 0. The van der Waals surface area contributed by atoms with E-state index >= 15 is 0 Å². The van der Waals surface area contributed by atoms with Gasteiger partial charge < -0.3 is 15.2 Å². The van der Waals surface area contributed by atoms with Crippen LogP contribution < -0.4 is 10.2 Å². The molecular formula is C21H24FN5. The number of nitrogens with one attached hydrogen (secondary N) is 2. The second-order valence-corrected chi connectivity index (χ2v) is 7.06. The van der Waals surface area contributed by atoms with E-state index in [0.29, 0.717) is 6.04 Å². The van der Waals surface area contributed by atoms with Gasteiger partial charge in [-0.3, -0.25) is 0 Å². The van der Waals surface area contributed by atoms with E-state index in [4.69, 9.17) is 0 Å². The largest absolute Gasteiger partial charge is 0.371 e. The Balaban J connectivity index is 1.35. The van der Waals surface area contributed by atoms with Crippen molar-refractivity contribution in [3.05, 3.63) is 66.0 Å². The number of nitrogens with zero attached hydrogens (tertiary/aromatic N) is 3. The molecule has 1 aliphatic heterocycles. The quantitative estimate of drug-likeness (QED) is 0.724. The summed E-state index contributed by atoms with van der Waals surface area (Å²) in [4.78, 5) is 5.58. The van der Waals surface area contributed by atoms with Crippen molar-refractivity contribution in [1.82, 2.24) is 20.5 Å². The molecule has 0 radical (unpaired) electrons. The fraction of sp³-hybridized carbons (Fsp3) is 0.333. The number of rotatable bonds is 5. The number of benzene rings is 2. The summed E-state index contributed by atoms with van der Waals surface area (Å²) in [5, 5.41) is 11.7. The summed E-state index contributed by atoms with van der Waals surface area (Å²) in [6.45, 7) is 4.67. The molecule has 0 saturated carbocycles. The molecule has 2 N–H and O–H groups in total. The summed E-state index contributed by atoms with van der Waals surface area (Å²) in [5.74, 6) is 1.54. The van der Waals surface area contributed by atoms with Gasteiger partial charge in [-0.05, 0) is 55.2 Å². The third kappa shape index (κ3) is 4.34. The molecule has 1 aliphatic rings. The van der Waals surface area contributed by atoms with Crippen LogP contribution in [0.5, 0.6) is 0 Å². The lowest BCUT2D eigenvalue weighted by molar-refractivity contribution is 0.410. The first-order valence-corrected chi connectivity index (χ1v) is 9.40. The van der Waals surface area contributed by atoms with Gasteiger partial charge in [-0.15, -0.1) is 10.2 Å². The Morgan fingerprint density at radius 3 is 2.56 bits per heavy atom. The number of hydrogen-bond acceptors (Lipinski definition) is 4. The van der Waals surface area contributed by atoms with Gasteiger partial charge in [0.25, 0.3) is 0 Å². The van der Waals surface area contributed by atoms with Crippen molar-refractivity contribution in [3.63, 3.8) is 0 Å². The van der Waals surface area contributed by atoms with Crippen LogP contribution >= 0.6 is 0 Å². The molecule has 1 aromatic heterocycles. The molecule has 6 heteroatoms. The van der Waals surface area contributed by atoms with E-state index in [9.17, 15) is 4.39 Å². The fourth-order valence-electron chi connectivity index (χ4n) is 3.58. The van der Waals surface area contributed by atoms with Crippen molar-refractivity contribution < 1.29 is 4.39 Å². The van der Waals surface area contributed by atoms with Crippen molar-refractivity contribution in [3.8, 4) is 11.1 Å². The third-order valence-corrected chi connectivity index (χ3v) is 5.09. The van der Waals surface area contributed by atoms with Crippen LogP contribution in [0.3, 0.4) is 0 Å². The highest BCUT2D eigenvalue weighted by Crippen LogP contribution is 2.27. The van der Waals surface area contributed by atoms with Gasteiger partial charge in [0.2, 0.25) is 0 Å². The van der Waals surface area contributed by atoms with Gasteiger partial charge in [-0.25, -0.2) is 4.39 Å². The summed E-state index contributed by atoms with van der Waals surface area (Å²) < 4.78 is 13.2. The molecule has 2 aromatic carbocycles. The first-order valence-electron chi connectivity index (χ1n) is 9.40. The molecule has 2 heterocycles. The van der Waals surface area contributed by atoms with E-state index in [1.54, 1.807) is 0 Å². The molecule has 0 unspecified atom stereocenters. The van der Waals surface area contributed by atoms with Crippen LogP contribution in [0.4, 0.5) is 10.1 Å². The Hall–Kier alpha value is -2.73. The third-order valence-electron chi connectivity index (χ3n) is 5.09. The monoisotopic (exact) mass is 365 g/mol. The van der Waals surface area contributed by atoms with Crippen LogP contribution in [0.25, 0.3) is 11.1 Å². The number of piperidine rings is 1. The Morgan fingerprint density at radius 2 is 1.85 bits per heavy atom. The number of aromatic nitrogens is 3. The minimum atomic E-state index is -0.204. The van der Waals surface area contributed by atoms with Gasteiger partial charge in [0.1, 0.15) is 17.5 Å². The average molecular weight is 365 g/mol. The van der Waals surface area contributed by atoms with Gasteiger partial charge in [0, 0.05) is 24.8 Å². The van der Waals surface area contributed by atoms with Crippen molar-refractivity contribution in [2.75, 3.05) is 18.0 Å². The van der Waals surface area contributed by atoms with Crippen LogP contribution in [-0.2, 0) is 6.54 Å². The predicted octanol–water partition coefficient (Wildman–Crippen LogP) is 3.68. The molecule has 1 fully saturated rings. The maximum atomic E-state index is 13.2. The molecular weight excluding hydrogens is 341 g/mol. The molecule has 27 heavy (non-hydrogen) atoms. The van der Waals surface area contributed by atoms with Crippen LogP contribution in [0, 0.1) is 12.7 Å². The summed E-state index contributed by atoms with van der Waals surface area (Å²) in [6.07, 6.45) is 2.18. The van der Waals surface area contributed by atoms with Gasteiger partial charge in [-0.1, -0.05) is 24.3 Å². The first kappa shape index (κ1) is 17.7. The van der Waals surface area contributed by atoms with Gasteiger partial charge in [0.15, 0.2) is 0 Å². The zero-order valence-electron chi connectivity index (χ0n) is 15.5. The zero-order valence-corrected chi connectivity index (χ0v) is 15.5. The van der Waals surface area contributed by atoms with Crippen molar-refractivity contribution in [2.24, 2.45) is 0 Å². The fourth-order valence-corrected chi connectivity index (χ4v) is 3.58. The number of hydrogen-bond donors (Lipinski definition) is 2. The molecule has 0 aliphatic carbocycles. The number of anilines is 1. The van der Waals surface area contributed by atoms with Crippen molar-refractivity contribution >= 4 is 5.69 Å². The summed E-state index contributed by atoms with van der Waals surface area (Å²) in [5.41, 5.74) is 3.38. The van der Waals surface area contributed by atoms with Crippen molar-refractivity contribution in [1.29, 1.82) is 0 Å². The highest BCUT2D eigenvalue weighted by Gasteiger charge is 2.19. The maximum absolute atomic E-state index is 13.2. The topological polar surface area (TPSA) is 56.8 Å². The van der Waals surface area contributed by atoms with E-state index in [0.717, 1.165) is 55.3 Å². The minimum absolute atomic E-state index is 0.204. The molecule has 5 nitrogen and oxygen atoms in total. The second kappa shape index (κ2) is 7.88. The molecule has 3 aromatic rings. The van der Waals surface area contributed by atoms with E-state index < -0.39 is 0 Å². The lowest BCUT2D eigenvalue weighted by Gasteiger charge is -2.34. The summed E-state index contributed by atoms with van der Waals surface area (Å²) in [7, 11) is 0. The molecule has 1 saturated heterocycles. The van der Waals surface area contributed by atoms with Gasteiger partial charge in [0.05, 0.1) is 6.54 Å². The van der Waals surface area contributed by atoms with Crippen LogP contribution in [0.15, 0.2) is 48.5 Å².